The molecule has 0 aromatic heterocycles. The molecule has 2 aromatic carbocycles. The lowest BCUT2D eigenvalue weighted by Gasteiger charge is -2.14. The van der Waals surface area contributed by atoms with Gasteiger partial charge < -0.3 is 19.9 Å². The van der Waals surface area contributed by atoms with Crippen molar-refractivity contribution in [1.29, 1.82) is 0 Å². The average molecular weight is 343 g/mol. The molecule has 0 saturated carbocycles. The molecule has 0 radical (unpaired) electrons. The van der Waals surface area contributed by atoms with Crippen molar-refractivity contribution in [3.05, 3.63) is 52.6 Å². The zero-order valence-electron chi connectivity index (χ0n) is 15.2. The van der Waals surface area contributed by atoms with Crippen LogP contribution in [0.5, 0.6) is 17.2 Å². The van der Waals surface area contributed by atoms with Crippen molar-refractivity contribution in [3.8, 4) is 17.2 Å². The molecule has 1 amide bonds. The van der Waals surface area contributed by atoms with E-state index in [1.165, 1.54) is 7.11 Å². The molecule has 0 atom stereocenters. The first kappa shape index (κ1) is 18.6. The van der Waals surface area contributed by atoms with Gasteiger partial charge in [0, 0.05) is 6.54 Å². The highest BCUT2D eigenvalue weighted by atomic mass is 16.5. The molecule has 5 heteroatoms. The first-order valence-electron chi connectivity index (χ1n) is 8.24. The molecule has 0 fully saturated rings. The second kappa shape index (κ2) is 8.42. The molecular formula is C20H25NO4. The summed E-state index contributed by atoms with van der Waals surface area (Å²) in [5.41, 5.74) is 4.19. The summed E-state index contributed by atoms with van der Waals surface area (Å²) >= 11 is 0. The SMILES string of the molecule is COc1cc(CCNC(=O)COc2c(C)ccc(C)c2C)ccc1O. The van der Waals surface area contributed by atoms with Crippen molar-refractivity contribution in [1.82, 2.24) is 5.32 Å². The number of amides is 1. The molecule has 2 rings (SSSR count). The third-order valence-corrected chi connectivity index (χ3v) is 4.20. The monoisotopic (exact) mass is 343 g/mol. The van der Waals surface area contributed by atoms with E-state index in [9.17, 15) is 9.90 Å². The predicted molar refractivity (Wildman–Crippen MR) is 97.5 cm³/mol. The summed E-state index contributed by atoms with van der Waals surface area (Å²) in [6.45, 7) is 6.46. The van der Waals surface area contributed by atoms with Gasteiger partial charge in [-0.3, -0.25) is 4.79 Å². The van der Waals surface area contributed by atoms with Gasteiger partial charge in [0.15, 0.2) is 18.1 Å². The third kappa shape index (κ3) is 4.89. The van der Waals surface area contributed by atoms with E-state index in [2.05, 4.69) is 5.32 Å². The first-order valence-corrected chi connectivity index (χ1v) is 8.24. The number of benzene rings is 2. The standard InChI is InChI=1S/C20H25NO4/c1-13-5-6-14(2)20(15(13)3)25-12-19(23)21-10-9-16-7-8-17(22)18(11-16)24-4/h5-8,11,22H,9-10,12H2,1-4H3,(H,21,23). The predicted octanol–water partition coefficient (Wildman–Crippen LogP) is 3.06. The molecule has 0 aliphatic heterocycles. The van der Waals surface area contributed by atoms with E-state index in [1.807, 2.05) is 32.9 Å². The molecule has 0 heterocycles. The lowest BCUT2D eigenvalue weighted by atomic mass is 10.1. The van der Waals surface area contributed by atoms with E-state index in [-0.39, 0.29) is 18.3 Å². The molecule has 2 N–H and O–H groups in total. The number of rotatable bonds is 7. The van der Waals surface area contributed by atoms with Crippen LogP contribution < -0.4 is 14.8 Å². The van der Waals surface area contributed by atoms with Gasteiger partial charge in [0.1, 0.15) is 5.75 Å². The maximum Gasteiger partial charge on any atom is 0.257 e. The van der Waals surface area contributed by atoms with E-state index in [0.29, 0.717) is 18.7 Å². The molecule has 25 heavy (non-hydrogen) atoms. The van der Waals surface area contributed by atoms with Gasteiger partial charge in [-0.05, 0) is 61.6 Å². The van der Waals surface area contributed by atoms with Crippen LogP contribution in [0.1, 0.15) is 22.3 Å². The van der Waals surface area contributed by atoms with Crippen molar-refractivity contribution in [2.45, 2.75) is 27.2 Å². The number of carbonyl (C=O) groups is 1. The molecule has 0 aliphatic rings. The summed E-state index contributed by atoms with van der Waals surface area (Å²) < 4.78 is 10.8. The molecule has 0 saturated heterocycles. The Morgan fingerprint density at radius 1 is 1.12 bits per heavy atom. The van der Waals surface area contributed by atoms with Crippen LogP contribution in [0, 0.1) is 20.8 Å². The molecular weight excluding hydrogens is 318 g/mol. The van der Waals surface area contributed by atoms with E-state index >= 15 is 0 Å². The average Bonchev–Trinajstić information content (AvgIpc) is 2.59. The number of ether oxygens (including phenoxy) is 2. The fraction of sp³-hybridized carbons (Fsp3) is 0.350. The van der Waals surface area contributed by atoms with Gasteiger partial charge in [0.2, 0.25) is 0 Å². The smallest absolute Gasteiger partial charge is 0.257 e. The van der Waals surface area contributed by atoms with Crippen molar-refractivity contribution < 1.29 is 19.4 Å². The number of carbonyl (C=O) groups excluding carboxylic acids is 1. The number of phenolic OH excluding ortho intramolecular Hbond substituents is 1. The Labute approximate surface area is 148 Å². The van der Waals surface area contributed by atoms with Crippen molar-refractivity contribution >= 4 is 5.91 Å². The highest BCUT2D eigenvalue weighted by Gasteiger charge is 2.09. The number of methoxy groups -OCH3 is 1. The molecule has 0 aliphatic carbocycles. The molecule has 134 valence electrons. The van der Waals surface area contributed by atoms with E-state index in [4.69, 9.17) is 9.47 Å². The van der Waals surface area contributed by atoms with Crippen LogP contribution in [0.4, 0.5) is 0 Å². The number of aryl methyl sites for hydroxylation is 2. The Bertz CT molecular complexity index is 756. The fourth-order valence-corrected chi connectivity index (χ4v) is 2.56. The minimum absolute atomic E-state index is 0.00989. The van der Waals surface area contributed by atoms with Crippen LogP contribution in [-0.4, -0.2) is 31.3 Å². The quantitative estimate of drug-likeness (QED) is 0.811. The van der Waals surface area contributed by atoms with E-state index in [0.717, 1.165) is 28.0 Å². The number of hydrogen-bond donors (Lipinski definition) is 2. The van der Waals surface area contributed by atoms with Crippen LogP contribution in [0.25, 0.3) is 0 Å². The Kier molecular flexibility index (Phi) is 6.28. The van der Waals surface area contributed by atoms with Crippen molar-refractivity contribution in [2.24, 2.45) is 0 Å². The van der Waals surface area contributed by atoms with E-state index in [1.54, 1.807) is 18.2 Å². The first-order chi connectivity index (χ1) is 11.9. The van der Waals surface area contributed by atoms with Gasteiger partial charge in [0.05, 0.1) is 7.11 Å². The van der Waals surface area contributed by atoms with Gasteiger partial charge in [-0.1, -0.05) is 18.2 Å². The second-order valence-corrected chi connectivity index (χ2v) is 6.05. The molecule has 0 bridgehead atoms. The molecule has 2 aromatic rings. The zero-order chi connectivity index (χ0) is 18.4. The van der Waals surface area contributed by atoms with Crippen molar-refractivity contribution in [2.75, 3.05) is 20.3 Å². The molecule has 0 unspecified atom stereocenters. The second-order valence-electron chi connectivity index (χ2n) is 6.05. The number of phenols is 1. The fourth-order valence-electron chi connectivity index (χ4n) is 2.56. The Morgan fingerprint density at radius 2 is 1.84 bits per heavy atom. The third-order valence-electron chi connectivity index (χ3n) is 4.20. The summed E-state index contributed by atoms with van der Waals surface area (Å²) in [6, 6.07) is 9.19. The number of aromatic hydroxyl groups is 1. The Hall–Kier alpha value is -2.69. The van der Waals surface area contributed by atoms with Gasteiger partial charge in [-0.15, -0.1) is 0 Å². The van der Waals surface area contributed by atoms with Crippen LogP contribution in [0.3, 0.4) is 0 Å². The normalized spacial score (nSPS) is 10.4. The Balaban J connectivity index is 1.83. The number of nitrogens with one attached hydrogen (secondary N) is 1. The van der Waals surface area contributed by atoms with Gasteiger partial charge in [-0.25, -0.2) is 0 Å². The largest absolute Gasteiger partial charge is 0.504 e. The Morgan fingerprint density at radius 3 is 2.56 bits per heavy atom. The summed E-state index contributed by atoms with van der Waals surface area (Å²) in [5.74, 6) is 1.15. The minimum Gasteiger partial charge on any atom is -0.504 e. The lowest BCUT2D eigenvalue weighted by Crippen LogP contribution is -2.30. The summed E-state index contributed by atoms with van der Waals surface area (Å²) in [4.78, 5) is 12.0. The topological polar surface area (TPSA) is 67.8 Å². The summed E-state index contributed by atoms with van der Waals surface area (Å²) in [7, 11) is 1.51. The van der Waals surface area contributed by atoms with Crippen LogP contribution in [-0.2, 0) is 11.2 Å². The minimum atomic E-state index is -0.161. The molecule has 5 nitrogen and oxygen atoms in total. The van der Waals surface area contributed by atoms with Gasteiger partial charge in [-0.2, -0.15) is 0 Å². The maximum absolute atomic E-state index is 12.0. The lowest BCUT2D eigenvalue weighted by molar-refractivity contribution is -0.123. The maximum atomic E-state index is 12.0. The summed E-state index contributed by atoms with van der Waals surface area (Å²) in [5, 5.41) is 12.4. The van der Waals surface area contributed by atoms with Crippen LogP contribution >= 0.6 is 0 Å². The highest BCUT2D eigenvalue weighted by molar-refractivity contribution is 5.77. The van der Waals surface area contributed by atoms with E-state index < -0.39 is 0 Å². The summed E-state index contributed by atoms with van der Waals surface area (Å²) in [6.07, 6.45) is 0.644. The van der Waals surface area contributed by atoms with Gasteiger partial charge >= 0.3 is 0 Å². The van der Waals surface area contributed by atoms with Gasteiger partial charge in [0.25, 0.3) is 5.91 Å². The van der Waals surface area contributed by atoms with Crippen LogP contribution in [0.2, 0.25) is 0 Å². The van der Waals surface area contributed by atoms with Crippen LogP contribution in [0.15, 0.2) is 30.3 Å². The molecule has 0 spiro atoms. The van der Waals surface area contributed by atoms with Crippen molar-refractivity contribution in [3.63, 3.8) is 0 Å². The highest BCUT2D eigenvalue weighted by Crippen LogP contribution is 2.26. The number of hydrogen-bond acceptors (Lipinski definition) is 4. The zero-order valence-corrected chi connectivity index (χ0v) is 15.2.